The second-order valence-corrected chi connectivity index (χ2v) is 2.42. The van der Waals surface area contributed by atoms with Crippen molar-refractivity contribution >= 4 is 17.6 Å². The molecule has 0 saturated carbocycles. The van der Waals surface area contributed by atoms with Crippen LogP contribution in [0.25, 0.3) is 0 Å². The number of hydrogen-bond donors (Lipinski definition) is 1. The van der Waals surface area contributed by atoms with Crippen molar-refractivity contribution in [1.29, 1.82) is 0 Å². The molecule has 6 heteroatoms. The maximum Gasteiger partial charge on any atom is 0.341 e. The predicted octanol–water partition coefficient (Wildman–Crippen LogP) is 1.10. The third-order valence-corrected chi connectivity index (χ3v) is 0.976. The Morgan fingerprint density at radius 3 is 2.73 bits per heavy atom. The van der Waals surface area contributed by atoms with Gasteiger partial charge in [-0.2, -0.15) is 5.01 Å². The summed E-state index contributed by atoms with van der Waals surface area (Å²) in [6, 6.07) is -0.641. The Kier molecular flexibility index (Phi) is 4.52. The van der Waals surface area contributed by atoms with Crippen molar-refractivity contribution < 1.29 is 4.79 Å². The van der Waals surface area contributed by atoms with Crippen LogP contribution in [0.15, 0.2) is 5.29 Å². The van der Waals surface area contributed by atoms with Gasteiger partial charge in [-0.05, 0) is 13.8 Å². The predicted molar refractivity (Wildman–Crippen MR) is 41.7 cm³/mol. The minimum atomic E-state index is -0.641. The van der Waals surface area contributed by atoms with Crippen molar-refractivity contribution in [2.24, 2.45) is 5.29 Å². The fraction of sp³-hybridized carbons (Fsp3) is 0.600. The van der Waals surface area contributed by atoms with Crippen molar-refractivity contribution in [1.82, 2.24) is 10.3 Å². The number of halogens is 1. The Morgan fingerprint density at radius 1 is 1.91 bits per heavy atom. The number of rotatable bonds is 3. The monoisotopic (exact) mass is 178 g/mol. The zero-order chi connectivity index (χ0) is 8.85. The van der Waals surface area contributed by atoms with E-state index >= 15 is 0 Å². The minimum Gasteiger partial charge on any atom is -0.320 e. The second-order valence-electron chi connectivity index (χ2n) is 1.77. The molecule has 0 aromatic carbocycles. The topological polar surface area (TPSA) is 61.8 Å². The van der Waals surface area contributed by atoms with Gasteiger partial charge in [-0.3, -0.25) is 0 Å². The molecular weight excluding hydrogens is 170 g/mol. The maximum absolute atomic E-state index is 10.8. The molecule has 0 rings (SSSR count). The van der Waals surface area contributed by atoms with Gasteiger partial charge >= 0.3 is 6.03 Å². The van der Waals surface area contributed by atoms with E-state index in [4.69, 9.17) is 11.6 Å². The van der Waals surface area contributed by atoms with Crippen LogP contribution in [-0.4, -0.2) is 23.1 Å². The van der Waals surface area contributed by atoms with Gasteiger partial charge in [0.2, 0.25) is 0 Å². The fourth-order valence-electron chi connectivity index (χ4n) is 0.424. The largest absolute Gasteiger partial charge is 0.341 e. The van der Waals surface area contributed by atoms with Crippen LogP contribution in [0.4, 0.5) is 4.79 Å². The summed E-state index contributed by atoms with van der Waals surface area (Å²) in [6.45, 7) is 4.86. The number of carbonyl (C=O) groups excluding carboxylic acids is 1. The second kappa shape index (κ2) is 4.90. The highest BCUT2D eigenvalue weighted by Crippen LogP contribution is 1.93. The molecule has 0 aliphatic heterocycles. The van der Waals surface area contributed by atoms with Crippen molar-refractivity contribution in [2.45, 2.75) is 12.4 Å². The van der Waals surface area contributed by atoms with E-state index in [-0.39, 0.29) is 6.54 Å². The molecule has 1 atom stereocenters. The summed E-state index contributed by atoms with van der Waals surface area (Å²) in [6.07, 6.45) is 0. The van der Waals surface area contributed by atoms with E-state index in [1.54, 1.807) is 6.92 Å². The summed E-state index contributed by atoms with van der Waals surface area (Å²) in [5, 5.41) is 5.31. The molecule has 0 spiro atoms. The van der Waals surface area contributed by atoms with Crippen molar-refractivity contribution in [3.8, 4) is 0 Å². The minimum absolute atomic E-state index is 0.0149. The van der Waals surface area contributed by atoms with Crippen molar-refractivity contribution in [3.63, 3.8) is 0 Å². The molecule has 1 unspecified atom stereocenters. The standard InChI is InChI=1S/C5H9ClN3O2/c1-3-9(8-11)5(10)7-4(2)6/h4H,1,3H2,2H3,(H,7,10). The lowest BCUT2D eigenvalue weighted by atomic mass is 10.6. The van der Waals surface area contributed by atoms with Gasteiger partial charge in [-0.15, -0.1) is 4.91 Å². The van der Waals surface area contributed by atoms with Gasteiger partial charge in [0.05, 0.1) is 5.29 Å². The molecule has 2 amide bonds. The Bertz CT molecular complexity index is 151. The van der Waals surface area contributed by atoms with Gasteiger partial charge in [0, 0.05) is 6.54 Å². The van der Waals surface area contributed by atoms with E-state index in [0.29, 0.717) is 5.01 Å². The number of urea groups is 1. The van der Waals surface area contributed by atoms with E-state index < -0.39 is 11.5 Å². The number of nitrogens with one attached hydrogen (secondary N) is 1. The number of hydrogen-bond acceptors (Lipinski definition) is 3. The summed E-state index contributed by atoms with van der Waals surface area (Å²) < 4.78 is 0. The van der Waals surface area contributed by atoms with Gasteiger partial charge in [-0.25, -0.2) is 4.79 Å². The van der Waals surface area contributed by atoms with Crippen LogP contribution in [0, 0.1) is 11.8 Å². The van der Waals surface area contributed by atoms with Crippen LogP contribution < -0.4 is 5.32 Å². The molecule has 5 nitrogen and oxygen atoms in total. The Balaban J connectivity index is 3.89. The first-order valence-corrected chi connectivity index (χ1v) is 3.40. The van der Waals surface area contributed by atoms with Crippen LogP contribution in [0.2, 0.25) is 0 Å². The third-order valence-electron chi connectivity index (χ3n) is 0.867. The number of nitroso groups, excluding NO2 is 1. The molecule has 0 aliphatic carbocycles. The zero-order valence-electron chi connectivity index (χ0n) is 6.08. The van der Waals surface area contributed by atoms with E-state index in [0.717, 1.165) is 0 Å². The van der Waals surface area contributed by atoms with Crippen LogP contribution in [-0.2, 0) is 0 Å². The number of carbonyl (C=O) groups is 1. The van der Waals surface area contributed by atoms with Crippen LogP contribution in [0.1, 0.15) is 6.92 Å². The number of alkyl halides is 1. The van der Waals surface area contributed by atoms with Crippen molar-refractivity contribution in [2.75, 3.05) is 6.54 Å². The molecule has 0 saturated heterocycles. The van der Waals surface area contributed by atoms with Gasteiger partial charge in [-0.1, -0.05) is 11.6 Å². The highest BCUT2D eigenvalue weighted by atomic mass is 35.5. The first kappa shape index (κ1) is 10.2. The van der Waals surface area contributed by atoms with Crippen LogP contribution in [0.3, 0.4) is 0 Å². The molecule has 0 aliphatic rings. The first-order valence-electron chi connectivity index (χ1n) is 2.96. The normalized spacial score (nSPS) is 11.9. The molecule has 1 radical (unpaired) electrons. The molecule has 11 heavy (non-hydrogen) atoms. The molecule has 0 aromatic rings. The van der Waals surface area contributed by atoms with E-state index in [1.807, 2.05) is 0 Å². The maximum atomic E-state index is 10.8. The molecule has 63 valence electrons. The fourth-order valence-corrected chi connectivity index (χ4v) is 0.517. The van der Waals surface area contributed by atoms with E-state index in [2.05, 4.69) is 17.5 Å². The van der Waals surface area contributed by atoms with Crippen LogP contribution >= 0.6 is 11.6 Å². The summed E-state index contributed by atoms with van der Waals surface area (Å²) in [4.78, 5) is 20.7. The molecule has 0 fully saturated rings. The highest BCUT2D eigenvalue weighted by Gasteiger charge is 2.12. The lowest BCUT2D eigenvalue weighted by Crippen LogP contribution is -2.38. The average Bonchev–Trinajstić information content (AvgIpc) is 1.88. The van der Waals surface area contributed by atoms with Gasteiger partial charge in [0.25, 0.3) is 0 Å². The summed E-state index contributed by atoms with van der Waals surface area (Å²) in [5.41, 5.74) is -0.529. The van der Waals surface area contributed by atoms with Gasteiger partial charge in [0.1, 0.15) is 5.50 Å². The smallest absolute Gasteiger partial charge is 0.320 e. The summed E-state index contributed by atoms with van der Waals surface area (Å²) in [7, 11) is 0. The van der Waals surface area contributed by atoms with Gasteiger partial charge < -0.3 is 5.32 Å². The number of nitrogens with zero attached hydrogens (tertiary/aromatic N) is 2. The molecular formula is C5H9ClN3O2. The quantitative estimate of drug-likeness (QED) is 0.305. The van der Waals surface area contributed by atoms with E-state index in [1.165, 1.54) is 0 Å². The summed E-state index contributed by atoms with van der Waals surface area (Å²) in [5.74, 6) is 0. The van der Waals surface area contributed by atoms with Crippen LogP contribution in [0.5, 0.6) is 0 Å². The molecule has 0 heterocycles. The molecule has 0 aromatic heterocycles. The Morgan fingerprint density at radius 2 is 2.45 bits per heavy atom. The summed E-state index contributed by atoms with van der Waals surface area (Å²) >= 11 is 5.41. The first-order chi connectivity index (χ1) is 5.11. The number of amides is 2. The van der Waals surface area contributed by atoms with Crippen molar-refractivity contribution in [3.05, 3.63) is 11.8 Å². The molecule has 1 N–H and O–H groups in total. The average molecular weight is 179 g/mol. The van der Waals surface area contributed by atoms with Gasteiger partial charge in [0.15, 0.2) is 0 Å². The molecule has 0 bridgehead atoms. The lowest BCUT2D eigenvalue weighted by molar-refractivity contribution is 0.204. The van der Waals surface area contributed by atoms with E-state index in [9.17, 15) is 9.70 Å². The SMILES string of the molecule is [CH2]CN(N=O)C(=O)NC(C)Cl. The lowest BCUT2D eigenvalue weighted by Gasteiger charge is -2.12. The zero-order valence-corrected chi connectivity index (χ0v) is 6.84. The highest BCUT2D eigenvalue weighted by molar-refractivity contribution is 6.20. The Labute approximate surface area is 69.6 Å². The Hall–Kier alpha value is -0.840. The third kappa shape index (κ3) is 3.77.